The van der Waals surface area contributed by atoms with Crippen LogP contribution in [0, 0.1) is 6.92 Å². The highest BCUT2D eigenvalue weighted by Gasteiger charge is 2.29. The van der Waals surface area contributed by atoms with E-state index in [4.69, 9.17) is 0 Å². The summed E-state index contributed by atoms with van der Waals surface area (Å²) >= 11 is 1.31. The molecule has 21 heavy (non-hydrogen) atoms. The Morgan fingerprint density at radius 1 is 1.24 bits per heavy atom. The third-order valence-electron chi connectivity index (χ3n) is 2.87. The van der Waals surface area contributed by atoms with Crippen LogP contribution in [0.5, 0.6) is 0 Å². The van der Waals surface area contributed by atoms with Gasteiger partial charge in [0.15, 0.2) is 5.16 Å². The van der Waals surface area contributed by atoms with Crippen molar-refractivity contribution in [1.29, 1.82) is 0 Å². The predicted molar refractivity (Wildman–Crippen MR) is 75.2 cm³/mol. The number of thioether (sulfide) groups is 1. The van der Waals surface area contributed by atoms with Crippen LogP contribution in [-0.4, -0.2) is 9.55 Å². The minimum atomic E-state index is -4.33. The van der Waals surface area contributed by atoms with Gasteiger partial charge in [-0.05, 0) is 24.6 Å². The molecule has 0 saturated heterocycles. The van der Waals surface area contributed by atoms with Crippen molar-refractivity contribution in [3.8, 4) is 0 Å². The van der Waals surface area contributed by atoms with Crippen molar-refractivity contribution in [2.75, 3.05) is 0 Å². The molecule has 0 bridgehead atoms. The van der Waals surface area contributed by atoms with Crippen molar-refractivity contribution in [2.24, 2.45) is 7.05 Å². The van der Waals surface area contributed by atoms with Gasteiger partial charge in [-0.3, -0.25) is 9.36 Å². The molecular weight excluding hydrogens is 301 g/mol. The molecule has 7 heteroatoms. The van der Waals surface area contributed by atoms with Crippen LogP contribution < -0.4 is 5.56 Å². The van der Waals surface area contributed by atoms with Gasteiger partial charge >= 0.3 is 6.18 Å². The number of alkyl halides is 3. The van der Waals surface area contributed by atoms with E-state index in [-0.39, 0.29) is 5.56 Å². The molecule has 2 aromatic rings. The van der Waals surface area contributed by atoms with Crippen molar-refractivity contribution in [3.05, 3.63) is 57.5 Å². The van der Waals surface area contributed by atoms with Crippen LogP contribution in [0.2, 0.25) is 0 Å². The van der Waals surface area contributed by atoms with Crippen LogP contribution in [0.25, 0.3) is 0 Å². The fourth-order valence-electron chi connectivity index (χ4n) is 1.69. The van der Waals surface area contributed by atoms with Crippen LogP contribution in [-0.2, 0) is 19.0 Å². The van der Waals surface area contributed by atoms with E-state index in [2.05, 4.69) is 4.98 Å². The van der Waals surface area contributed by atoms with Crippen LogP contribution >= 0.6 is 11.8 Å². The number of hydrogen-bond acceptors (Lipinski definition) is 3. The molecule has 0 fully saturated rings. The summed E-state index contributed by atoms with van der Waals surface area (Å²) < 4.78 is 38.8. The lowest BCUT2D eigenvalue weighted by atomic mass is 10.1. The SMILES string of the molecule is Cc1cc(=O)n(C)c(SCc2ccc(C(F)(F)F)cc2)n1. The maximum Gasteiger partial charge on any atom is 0.416 e. The molecule has 0 aliphatic rings. The van der Waals surface area contributed by atoms with Gasteiger partial charge in [0.25, 0.3) is 5.56 Å². The second kappa shape index (κ2) is 5.93. The number of nitrogens with zero attached hydrogens (tertiary/aromatic N) is 2. The zero-order valence-corrected chi connectivity index (χ0v) is 12.3. The first-order valence-corrected chi connectivity index (χ1v) is 7.09. The van der Waals surface area contributed by atoms with E-state index in [1.165, 1.54) is 34.5 Å². The normalized spacial score (nSPS) is 11.7. The van der Waals surface area contributed by atoms with E-state index in [0.29, 0.717) is 16.6 Å². The fourth-order valence-corrected chi connectivity index (χ4v) is 2.68. The Labute approximate surface area is 123 Å². The molecule has 1 aromatic carbocycles. The Morgan fingerprint density at radius 3 is 2.43 bits per heavy atom. The minimum Gasteiger partial charge on any atom is -0.291 e. The zero-order chi connectivity index (χ0) is 15.6. The van der Waals surface area contributed by atoms with Crippen LogP contribution in [0.3, 0.4) is 0 Å². The molecule has 1 aromatic heterocycles. The number of aromatic nitrogens is 2. The highest BCUT2D eigenvalue weighted by Crippen LogP contribution is 2.30. The third-order valence-corrected chi connectivity index (χ3v) is 3.97. The largest absolute Gasteiger partial charge is 0.416 e. The van der Waals surface area contributed by atoms with Gasteiger partial charge in [-0.2, -0.15) is 13.2 Å². The topological polar surface area (TPSA) is 34.9 Å². The van der Waals surface area contributed by atoms with Crippen LogP contribution in [0.15, 0.2) is 40.3 Å². The molecule has 112 valence electrons. The molecule has 0 saturated carbocycles. The van der Waals surface area contributed by atoms with Gasteiger partial charge in [0.2, 0.25) is 0 Å². The quantitative estimate of drug-likeness (QED) is 0.643. The van der Waals surface area contributed by atoms with Gasteiger partial charge < -0.3 is 0 Å². The van der Waals surface area contributed by atoms with Crippen molar-refractivity contribution >= 4 is 11.8 Å². The Balaban J connectivity index is 2.12. The van der Waals surface area contributed by atoms with Gasteiger partial charge in [0.05, 0.1) is 5.56 Å². The Kier molecular flexibility index (Phi) is 4.41. The third kappa shape index (κ3) is 3.87. The van der Waals surface area contributed by atoms with Crippen molar-refractivity contribution in [3.63, 3.8) is 0 Å². The molecule has 0 aliphatic carbocycles. The van der Waals surface area contributed by atoms with Gasteiger partial charge in [0.1, 0.15) is 0 Å². The summed E-state index contributed by atoms with van der Waals surface area (Å²) in [7, 11) is 1.61. The van der Waals surface area contributed by atoms with Crippen LogP contribution in [0.4, 0.5) is 13.2 Å². The average molecular weight is 314 g/mol. The van der Waals surface area contributed by atoms with E-state index in [1.807, 2.05) is 0 Å². The number of rotatable bonds is 3. The van der Waals surface area contributed by atoms with Crippen molar-refractivity contribution in [2.45, 2.75) is 24.0 Å². The second-order valence-electron chi connectivity index (χ2n) is 4.56. The highest BCUT2D eigenvalue weighted by atomic mass is 32.2. The summed E-state index contributed by atoms with van der Waals surface area (Å²) in [5.41, 5.74) is 0.534. The molecule has 3 nitrogen and oxygen atoms in total. The van der Waals surface area contributed by atoms with Crippen molar-refractivity contribution < 1.29 is 13.2 Å². The summed E-state index contributed by atoms with van der Waals surface area (Å²) in [5, 5.41) is 0.542. The summed E-state index contributed by atoms with van der Waals surface area (Å²) in [6.45, 7) is 1.73. The number of benzene rings is 1. The van der Waals surface area contributed by atoms with E-state index in [1.54, 1.807) is 14.0 Å². The van der Waals surface area contributed by atoms with Gasteiger partial charge in [-0.15, -0.1) is 0 Å². The van der Waals surface area contributed by atoms with E-state index >= 15 is 0 Å². The number of hydrogen-bond donors (Lipinski definition) is 0. The van der Waals surface area contributed by atoms with Gasteiger partial charge in [-0.1, -0.05) is 23.9 Å². The molecule has 0 N–H and O–H groups in total. The van der Waals surface area contributed by atoms with E-state index in [9.17, 15) is 18.0 Å². The number of aryl methyl sites for hydroxylation is 1. The minimum absolute atomic E-state index is 0.155. The molecule has 1 heterocycles. The zero-order valence-electron chi connectivity index (χ0n) is 11.4. The van der Waals surface area contributed by atoms with Gasteiger partial charge in [0, 0.05) is 24.6 Å². The molecule has 0 atom stereocenters. The molecule has 0 aliphatic heterocycles. The highest BCUT2D eigenvalue weighted by molar-refractivity contribution is 7.98. The second-order valence-corrected chi connectivity index (χ2v) is 5.50. The summed E-state index contributed by atoms with van der Waals surface area (Å²) in [6.07, 6.45) is -4.33. The molecule has 0 radical (unpaired) electrons. The summed E-state index contributed by atoms with van der Waals surface area (Å²) in [6, 6.07) is 6.41. The maximum absolute atomic E-state index is 12.5. The van der Waals surface area contributed by atoms with Crippen LogP contribution in [0.1, 0.15) is 16.8 Å². The molecular formula is C14H13F3N2OS. The first kappa shape index (κ1) is 15.6. The standard InChI is InChI=1S/C14H13F3N2OS/c1-9-7-12(20)19(2)13(18-9)21-8-10-3-5-11(6-4-10)14(15,16)17/h3-7H,8H2,1-2H3. The van der Waals surface area contributed by atoms with E-state index < -0.39 is 11.7 Å². The Bertz CT molecular complexity index is 693. The lowest BCUT2D eigenvalue weighted by molar-refractivity contribution is -0.137. The Morgan fingerprint density at radius 2 is 1.86 bits per heavy atom. The van der Waals surface area contributed by atoms with E-state index in [0.717, 1.165) is 17.7 Å². The predicted octanol–water partition coefficient (Wildman–Crippen LogP) is 3.40. The smallest absolute Gasteiger partial charge is 0.291 e. The molecule has 0 unspecified atom stereocenters. The summed E-state index contributed by atoms with van der Waals surface area (Å²) in [4.78, 5) is 15.9. The average Bonchev–Trinajstić information content (AvgIpc) is 2.40. The lowest BCUT2D eigenvalue weighted by Crippen LogP contribution is -2.19. The Hall–Kier alpha value is -1.76. The van der Waals surface area contributed by atoms with Gasteiger partial charge in [-0.25, -0.2) is 4.98 Å². The molecule has 0 amide bonds. The first-order chi connectivity index (χ1) is 9.77. The summed E-state index contributed by atoms with van der Waals surface area (Å²) in [5.74, 6) is 0.446. The monoisotopic (exact) mass is 314 g/mol. The molecule has 0 spiro atoms. The molecule has 2 rings (SSSR count). The first-order valence-electron chi connectivity index (χ1n) is 6.11. The number of halogens is 3. The fraction of sp³-hybridized carbons (Fsp3) is 0.286. The lowest BCUT2D eigenvalue weighted by Gasteiger charge is -2.09. The maximum atomic E-state index is 12.5. The van der Waals surface area contributed by atoms with Crippen molar-refractivity contribution in [1.82, 2.24) is 9.55 Å².